The standard InChI is InChI=1S/C20H20N4O5S/c1-12(14-9-13(27-2)5-6-16(14)28-3)23-17(25)10-29-20(26)15-11-30-19(24-15)18-21-7-4-8-22-18/h4-9,11-12H,10H2,1-3H3,(H,23,25). The lowest BCUT2D eigenvalue weighted by Crippen LogP contribution is -2.31. The molecule has 30 heavy (non-hydrogen) atoms. The number of esters is 1. The van der Waals surface area contributed by atoms with Gasteiger partial charge in [0.25, 0.3) is 5.91 Å². The van der Waals surface area contributed by atoms with Crippen molar-refractivity contribution in [3.05, 3.63) is 53.3 Å². The van der Waals surface area contributed by atoms with Gasteiger partial charge in [-0.2, -0.15) is 0 Å². The van der Waals surface area contributed by atoms with E-state index in [2.05, 4.69) is 20.3 Å². The summed E-state index contributed by atoms with van der Waals surface area (Å²) in [6.07, 6.45) is 3.18. The van der Waals surface area contributed by atoms with Gasteiger partial charge in [-0.25, -0.2) is 19.7 Å². The molecule has 1 aromatic carbocycles. The number of nitrogens with zero attached hydrogens (tertiary/aromatic N) is 3. The van der Waals surface area contributed by atoms with Crippen LogP contribution < -0.4 is 14.8 Å². The van der Waals surface area contributed by atoms with E-state index in [4.69, 9.17) is 14.2 Å². The largest absolute Gasteiger partial charge is 0.497 e. The minimum absolute atomic E-state index is 0.0952. The van der Waals surface area contributed by atoms with Crippen LogP contribution in [0.4, 0.5) is 0 Å². The Kier molecular flexibility index (Phi) is 6.91. The lowest BCUT2D eigenvalue weighted by Gasteiger charge is -2.18. The van der Waals surface area contributed by atoms with E-state index in [1.165, 1.54) is 16.7 Å². The molecular formula is C20H20N4O5S. The number of aromatic nitrogens is 3. The molecule has 9 nitrogen and oxygen atoms in total. The zero-order chi connectivity index (χ0) is 21.5. The van der Waals surface area contributed by atoms with Gasteiger partial charge in [0.1, 0.15) is 11.5 Å². The molecule has 156 valence electrons. The summed E-state index contributed by atoms with van der Waals surface area (Å²) in [4.78, 5) is 36.8. The maximum Gasteiger partial charge on any atom is 0.358 e. The predicted molar refractivity (Wildman–Crippen MR) is 110 cm³/mol. The second-order valence-electron chi connectivity index (χ2n) is 6.08. The first-order valence-electron chi connectivity index (χ1n) is 8.93. The van der Waals surface area contributed by atoms with Gasteiger partial charge >= 0.3 is 5.97 Å². The zero-order valence-corrected chi connectivity index (χ0v) is 17.4. The third-order valence-corrected chi connectivity index (χ3v) is 4.92. The molecule has 0 radical (unpaired) electrons. The molecule has 1 unspecified atom stereocenters. The molecule has 3 rings (SSSR count). The van der Waals surface area contributed by atoms with Crippen molar-refractivity contribution in [3.8, 4) is 22.3 Å². The summed E-state index contributed by atoms with van der Waals surface area (Å²) in [5.41, 5.74) is 0.835. The van der Waals surface area contributed by atoms with Crippen molar-refractivity contribution < 1.29 is 23.8 Å². The van der Waals surface area contributed by atoms with E-state index in [-0.39, 0.29) is 11.7 Å². The number of methoxy groups -OCH3 is 2. The minimum Gasteiger partial charge on any atom is -0.497 e. The van der Waals surface area contributed by atoms with E-state index in [1.807, 2.05) is 0 Å². The quantitative estimate of drug-likeness (QED) is 0.545. The Hall–Kier alpha value is -3.53. The van der Waals surface area contributed by atoms with E-state index < -0.39 is 18.5 Å². The summed E-state index contributed by atoms with van der Waals surface area (Å²) in [6, 6.07) is 6.60. The van der Waals surface area contributed by atoms with Crippen LogP contribution in [0.5, 0.6) is 11.5 Å². The van der Waals surface area contributed by atoms with Gasteiger partial charge in [-0.3, -0.25) is 4.79 Å². The van der Waals surface area contributed by atoms with Crippen LogP contribution in [0.2, 0.25) is 0 Å². The van der Waals surface area contributed by atoms with Crippen molar-refractivity contribution >= 4 is 23.2 Å². The first-order chi connectivity index (χ1) is 14.5. The highest BCUT2D eigenvalue weighted by Gasteiger charge is 2.18. The summed E-state index contributed by atoms with van der Waals surface area (Å²) in [5.74, 6) is 0.511. The smallest absolute Gasteiger partial charge is 0.358 e. The summed E-state index contributed by atoms with van der Waals surface area (Å²) in [7, 11) is 3.10. The molecule has 0 aliphatic rings. The fraction of sp³-hybridized carbons (Fsp3) is 0.250. The molecule has 0 bridgehead atoms. The van der Waals surface area contributed by atoms with Gasteiger partial charge < -0.3 is 19.5 Å². The number of carbonyl (C=O) groups excluding carboxylic acids is 2. The van der Waals surface area contributed by atoms with Crippen LogP contribution in [0.3, 0.4) is 0 Å². The number of nitrogens with one attached hydrogen (secondary N) is 1. The summed E-state index contributed by atoms with van der Waals surface area (Å²) in [5, 5.41) is 4.80. The molecule has 10 heteroatoms. The number of ether oxygens (including phenoxy) is 3. The van der Waals surface area contributed by atoms with Gasteiger partial charge in [0, 0.05) is 23.3 Å². The third kappa shape index (κ3) is 5.09. The molecule has 0 aliphatic heterocycles. The molecule has 0 saturated carbocycles. The van der Waals surface area contributed by atoms with E-state index in [9.17, 15) is 9.59 Å². The Morgan fingerprint density at radius 3 is 2.63 bits per heavy atom. The van der Waals surface area contributed by atoms with Crippen molar-refractivity contribution in [2.24, 2.45) is 0 Å². The molecule has 0 saturated heterocycles. The van der Waals surface area contributed by atoms with Crippen LogP contribution in [0.25, 0.3) is 10.8 Å². The van der Waals surface area contributed by atoms with Crippen LogP contribution in [-0.4, -0.2) is 47.7 Å². The van der Waals surface area contributed by atoms with E-state index in [1.54, 1.807) is 57.8 Å². The Bertz CT molecular complexity index is 1030. The highest BCUT2D eigenvalue weighted by Crippen LogP contribution is 2.29. The van der Waals surface area contributed by atoms with Crippen LogP contribution >= 0.6 is 11.3 Å². The third-order valence-electron chi connectivity index (χ3n) is 4.09. The van der Waals surface area contributed by atoms with Gasteiger partial charge in [-0.1, -0.05) is 0 Å². The number of hydrogen-bond donors (Lipinski definition) is 1. The van der Waals surface area contributed by atoms with Crippen molar-refractivity contribution in [1.29, 1.82) is 0 Å². The number of thiazole rings is 1. The SMILES string of the molecule is COc1ccc(OC)c(C(C)NC(=O)COC(=O)c2csc(-c3ncccn3)n2)c1. The van der Waals surface area contributed by atoms with E-state index in [0.29, 0.717) is 22.3 Å². The highest BCUT2D eigenvalue weighted by molar-refractivity contribution is 7.13. The van der Waals surface area contributed by atoms with Gasteiger partial charge in [0.05, 0.1) is 20.3 Å². The molecule has 2 aromatic heterocycles. The van der Waals surface area contributed by atoms with Crippen molar-refractivity contribution in [1.82, 2.24) is 20.3 Å². The number of amides is 1. The van der Waals surface area contributed by atoms with Crippen LogP contribution in [0, 0.1) is 0 Å². The number of benzene rings is 1. The summed E-state index contributed by atoms with van der Waals surface area (Å²) < 4.78 is 15.6. The average Bonchev–Trinajstić information content (AvgIpc) is 3.28. The Morgan fingerprint density at radius 1 is 1.17 bits per heavy atom. The molecule has 0 aliphatic carbocycles. The highest BCUT2D eigenvalue weighted by atomic mass is 32.1. The molecule has 1 atom stereocenters. The molecule has 0 fully saturated rings. The summed E-state index contributed by atoms with van der Waals surface area (Å²) >= 11 is 1.22. The fourth-order valence-electron chi connectivity index (χ4n) is 2.62. The van der Waals surface area contributed by atoms with Gasteiger partial charge in [0.2, 0.25) is 0 Å². The van der Waals surface area contributed by atoms with E-state index in [0.717, 1.165) is 5.56 Å². The number of rotatable bonds is 8. The van der Waals surface area contributed by atoms with Crippen LogP contribution in [0.1, 0.15) is 29.0 Å². The van der Waals surface area contributed by atoms with Crippen LogP contribution in [-0.2, 0) is 9.53 Å². The maximum atomic E-state index is 12.2. The normalized spacial score (nSPS) is 11.4. The molecule has 2 heterocycles. The molecule has 1 amide bonds. The first kappa shape index (κ1) is 21.2. The van der Waals surface area contributed by atoms with Crippen molar-refractivity contribution in [3.63, 3.8) is 0 Å². The lowest BCUT2D eigenvalue weighted by atomic mass is 10.1. The Balaban J connectivity index is 1.57. The number of carbonyl (C=O) groups is 2. The predicted octanol–water partition coefficient (Wildman–Crippen LogP) is 2.65. The number of hydrogen-bond acceptors (Lipinski definition) is 9. The first-order valence-corrected chi connectivity index (χ1v) is 9.81. The van der Waals surface area contributed by atoms with Gasteiger partial charge in [0.15, 0.2) is 23.1 Å². The Morgan fingerprint density at radius 2 is 1.93 bits per heavy atom. The average molecular weight is 428 g/mol. The van der Waals surface area contributed by atoms with Gasteiger partial charge in [-0.05, 0) is 31.2 Å². The zero-order valence-electron chi connectivity index (χ0n) is 16.6. The summed E-state index contributed by atoms with van der Waals surface area (Å²) in [6.45, 7) is 1.35. The maximum absolute atomic E-state index is 12.2. The molecule has 3 aromatic rings. The van der Waals surface area contributed by atoms with E-state index >= 15 is 0 Å². The molecular weight excluding hydrogens is 408 g/mol. The monoisotopic (exact) mass is 428 g/mol. The lowest BCUT2D eigenvalue weighted by molar-refractivity contribution is -0.124. The van der Waals surface area contributed by atoms with Crippen molar-refractivity contribution in [2.75, 3.05) is 20.8 Å². The topological polar surface area (TPSA) is 113 Å². The van der Waals surface area contributed by atoms with Crippen molar-refractivity contribution in [2.45, 2.75) is 13.0 Å². The minimum atomic E-state index is -0.699. The molecule has 0 spiro atoms. The second kappa shape index (κ2) is 9.79. The van der Waals surface area contributed by atoms with Gasteiger partial charge in [-0.15, -0.1) is 11.3 Å². The second-order valence-corrected chi connectivity index (χ2v) is 6.94. The van der Waals surface area contributed by atoms with Crippen LogP contribution in [0.15, 0.2) is 42.0 Å². The fourth-order valence-corrected chi connectivity index (χ4v) is 3.36. The Labute approximate surface area is 177 Å². The molecule has 1 N–H and O–H groups in total.